The molecule has 0 aliphatic rings. The highest BCUT2D eigenvalue weighted by molar-refractivity contribution is 5.95. The molecule has 6 heteroatoms. The molecule has 1 rings (SSSR count). The molecule has 4 N–H and O–H groups in total. The standard InChI is InChI=1S/C10H16N4O2/c1-7(6-15)14(2)8-3-4-12-9(5-8)10(11)13-16/h3-5,7,15-16H,6H2,1-2H3,(H2,11,13). The van der Waals surface area contributed by atoms with Crippen molar-refractivity contribution in [1.82, 2.24) is 4.98 Å². The topological polar surface area (TPSA) is 95.0 Å². The summed E-state index contributed by atoms with van der Waals surface area (Å²) >= 11 is 0. The molecule has 1 unspecified atom stereocenters. The van der Waals surface area contributed by atoms with Gasteiger partial charge in [0.2, 0.25) is 0 Å². The highest BCUT2D eigenvalue weighted by atomic mass is 16.4. The van der Waals surface area contributed by atoms with E-state index in [9.17, 15) is 0 Å². The van der Waals surface area contributed by atoms with Gasteiger partial charge >= 0.3 is 0 Å². The van der Waals surface area contributed by atoms with Crippen LogP contribution in [0.5, 0.6) is 0 Å². The van der Waals surface area contributed by atoms with E-state index in [1.807, 2.05) is 18.9 Å². The maximum Gasteiger partial charge on any atom is 0.188 e. The zero-order valence-electron chi connectivity index (χ0n) is 9.33. The van der Waals surface area contributed by atoms with Gasteiger partial charge in [-0.1, -0.05) is 5.16 Å². The third kappa shape index (κ3) is 2.60. The predicted molar refractivity (Wildman–Crippen MR) is 61.7 cm³/mol. The van der Waals surface area contributed by atoms with Gasteiger partial charge in [-0.2, -0.15) is 0 Å². The molecule has 0 amide bonds. The summed E-state index contributed by atoms with van der Waals surface area (Å²) in [6.45, 7) is 1.95. The Morgan fingerprint density at radius 1 is 1.69 bits per heavy atom. The minimum atomic E-state index is -0.0353. The summed E-state index contributed by atoms with van der Waals surface area (Å²) in [5.74, 6) is -0.0353. The summed E-state index contributed by atoms with van der Waals surface area (Å²) in [6, 6.07) is 3.48. The first-order valence-corrected chi connectivity index (χ1v) is 4.87. The number of amidine groups is 1. The SMILES string of the molecule is CC(CO)N(C)c1ccnc(/C(N)=N/O)c1. The Morgan fingerprint density at radius 3 is 2.94 bits per heavy atom. The molecule has 1 heterocycles. The van der Waals surface area contributed by atoms with E-state index in [0.29, 0.717) is 5.69 Å². The largest absolute Gasteiger partial charge is 0.409 e. The number of nitrogens with two attached hydrogens (primary N) is 1. The molecule has 1 aromatic rings. The quantitative estimate of drug-likeness (QED) is 0.289. The summed E-state index contributed by atoms with van der Waals surface area (Å²) in [5, 5.41) is 20.5. The van der Waals surface area contributed by atoms with Gasteiger partial charge in [-0.3, -0.25) is 4.98 Å². The van der Waals surface area contributed by atoms with Crippen LogP contribution in [0.2, 0.25) is 0 Å². The van der Waals surface area contributed by atoms with E-state index in [2.05, 4.69) is 10.1 Å². The van der Waals surface area contributed by atoms with Gasteiger partial charge in [0.1, 0.15) is 5.69 Å². The Labute approximate surface area is 94.0 Å². The Bertz CT molecular complexity index is 381. The Morgan fingerprint density at radius 2 is 2.38 bits per heavy atom. The molecule has 0 aliphatic carbocycles. The van der Waals surface area contributed by atoms with Crippen molar-refractivity contribution >= 4 is 11.5 Å². The lowest BCUT2D eigenvalue weighted by molar-refractivity contribution is 0.270. The third-order valence-corrected chi connectivity index (χ3v) is 2.45. The van der Waals surface area contributed by atoms with Crippen molar-refractivity contribution in [3.05, 3.63) is 24.0 Å². The van der Waals surface area contributed by atoms with Crippen LogP contribution in [0.1, 0.15) is 12.6 Å². The van der Waals surface area contributed by atoms with Crippen LogP contribution in [0.4, 0.5) is 5.69 Å². The van der Waals surface area contributed by atoms with E-state index in [1.54, 1.807) is 18.3 Å². The number of rotatable bonds is 4. The van der Waals surface area contributed by atoms with E-state index in [1.165, 1.54) is 0 Å². The van der Waals surface area contributed by atoms with E-state index < -0.39 is 0 Å². The first-order chi connectivity index (χ1) is 7.60. The summed E-state index contributed by atoms with van der Waals surface area (Å²) < 4.78 is 0. The van der Waals surface area contributed by atoms with Crippen LogP contribution in [0.3, 0.4) is 0 Å². The second kappa shape index (κ2) is 5.32. The van der Waals surface area contributed by atoms with Gasteiger partial charge in [0.25, 0.3) is 0 Å². The molecule has 0 saturated carbocycles. The van der Waals surface area contributed by atoms with E-state index in [-0.39, 0.29) is 18.5 Å². The van der Waals surface area contributed by atoms with Gasteiger partial charge in [-0.05, 0) is 19.1 Å². The second-order valence-electron chi connectivity index (χ2n) is 3.53. The molecule has 1 aromatic heterocycles. The lowest BCUT2D eigenvalue weighted by Crippen LogP contribution is -2.32. The highest BCUT2D eigenvalue weighted by Gasteiger charge is 2.10. The maximum atomic E-state index is 9.05. The van der Waals surface area contributed by atoms with E-state index in [4.69, 9.17) is 16.0 Å². The molecule has 16 heavy (non-hydrogen) atoms. The Kier molecular flexibility index (Phi) is 4.07. The molecule has 0 aliphatic heterocycles. The van der Waals surface area contributed by atoms with Crippen molar-refractivity contribution in [3.63, 3.8) is 0 Å². The minimum Gasteiger partial charge on any atom is -0.409 e. The fourth-order valence-corrected chi connectivity index (χ4v) is 1.21. The molecular weight excluding hydrogens is 208 g/mol. The van der Waals surface area contributed by atoms with Crippen LogP contribution in [0.25, 0.3) is 0 Å². The normalized spacial score (nSPS) is 13.6. The van der Waals surface area contributed by atoms with Crippen LogP contribution in [-0.2, 0) is 0 Å². The molecule has 0 spiro atoms. The van der Waals surface area contributed by atoms with E-state index in [0.717, 1.165) is 5.69 Å². The molecule has 0 fully saturated rings. The van der Waals surface area contributed by atoms with Crippen LogP contribution < -0.4 is 10.6 Å². The fourth-order valence-electron chi connectivity index (χ4n) is 1.21. The smallest absolute Gasteiger partial charge is 0.188 e. The zero-order chi connectivity index (χ0) is 12.1. The lowest BCUT2D eigenvalue weighted by atomic mass is 10.2. The van der Waals surface area contributed by atoms with Crippen LogP contribution in [0, 0.1) is 0 Å². The molecule has 88 valence electrons. The first kappa shape index (κ1) is 12.3. The number of likely N-dealkylation sites (N-methyl/N-ethyl adjacent to an activating group) is 1. The molecule has 6 nitrogen and oxygen atoms in total. The van der Waals surface area contributed by atoms with Crippen molar-refractivity contribution < 1.29 is 10.3 Å². The van der Waals surface area contributed by atoms with Crippen molar-refractivity contribution in [2.24, 2.45) is 10.9 Å². The molecule has 0 saturated heterocycles. The number of hydrogen-bond acceptors (Lipinski definition) is 5. The van der Waals surface area contributed by atoms with Gasteiger partial charge in [0, 0.05) is 25.0 Å². The monoisotopic (exact) mass is 224 g/mol. The first-order valence-electron chi connectivity index (χ1n) is 4.87. The number of aromatic nitrogens is 1. The Hall–Kier alpha value is -1.82. The van der Waals surface area contributed by atoms with Gasteiger partial charge in [0.15, 0.2) is 5.84 Å². The summed E-state index contributed by atoms with van der Waals surface area (Å²) in [5.41, 5.74) is 6.69. The molecule has 0 aromatic carbocycles. The molecule has 0 radical (unpaired) electrons. The number of hydrogen-bond donors (Lipinski definition) is 3. The molecule has 1 atom stereocenters. The van der Waals surface area contributed by atoms with Crippen LogP contribution >= 0.6 is 0 Å². The minimum absolute atomic E-state index is 0.0115. The zero-order valence-corrected chi connectivity index (χ0v) is 9.33. The summed E-state index contributed by atoms with van der Waals surface area (Å²) in [6.07, 6.45) is 1.57. The number of oxime groups is 1. The maximum absolute atomic E-state index is 9.05. The van der Waals surface area contributed by atoms with Gasteiger partial charge in [-0.25, -0.2) is 0 Å². The van der Waals surface area contributed by atoms with Crippen LogP contribution in [0.15, 0.2) is 23.5 Å². The van der Waals surface area contributed by atoms with Gasteiger partial charge in [0.05, 0.1) is 6.61 Å². The lowest BCUT2D eigenvalue weighted by Gasteiger charge is -2.25. The number of nitrogens with zero attached hydrogens (tertiary/aromatic N) is 3. The van der Waals surface area contributed by atoms with Gasteiger partial charge < -0.3 is 20.9 Å². The van der Waals surface area contributed by atoms with Crippen molar-refractivity contribution in [1.29, 1.82) is 0 Å². The second-order valence-corrected chi connectivity index (χ2v) is 3.53. The number of aliphatic hydroxyl groups is 1. The molecule has 0 bridgehead atoms. The van der Waals surface area contributed by atoms with Gasteiger partial charge in [-0.15, -0.1) is 0 Å². The molecular formula is C10H16N4O2. The number of aliphatic hydroxyl groups excluding tert-OH is 1. The van der Waals surface area contributed by atoms with Crippen LogP contribution in [-0.4, -0.2) is 40.8 Å². The average molecular weight is 224 g/mol. The summed E-state index contributed by atoms with van der Waals surface area (Å²) in [7, 11) is 1.85. The number of pyridine rings is 1. The third-order valence-electron chi connectivity index (χ3n) is 2.45. The van der Waals surface area contributed by atoms with Crippen molar-refractivity contribution in [3.8, 4) is 0 Å². The average Bonchev–Trinajstić information content (AvgIpc) is 2.36. The highest BCUT2D eigenvalue weighted by Crippen LogP contribution is 2.15. The van der Waals surface area contributed by atoms with Crippen molar-refractivity contribution in [2.45, 2.75) is 13.0 Å². The fraction of sp³-hybridized carbons (Fsp3) is 0.400. The van der Waals surface area contributed by atoms with E-state index >= 15 is 0 Å². The van der Waals surface area contributed by atoms with Crippen molar-refractivity contribution in [2.75, 3.05) is 18.6 Å². The predicted octanol–water partition coefficient (Wildman–Crippen LogP) is -0.00690. The number of anilines is 1. The summed E-state index contributed by atoms with van der Waals surface area (Å²) in [4.78, 5) is 5.86. The Balaban J connectivity index is 2.98.